The van der Waals surface area contributed by atoms with E-state index in [1.165, 1.54) is 5.56 Å². The number of aryl methyl sites for hydroxylation is 3. The number of hydrogen-bond acceptors (Lipinski definition) is 3. The molecule has 4 nitrogen and oxygen atoms in total. The maximum Gasteiger partial charge on any atom is 0.152 e. The van der Waals surface area contributed by atoms with E-state index in [2.05, 4.69) is 52.3 Å². The van der Waals surface area contributed by atoms with Gasteiger partial charge in [-0.2, -0.15) is 5.10 Å². The molecule has 19 heavy (non-hydrogen) atoms. The average Bonchev–Trinajstić information content (AvgIpc) is 2.61. The van der Waals surface area contributed by atoms with E-state index in [0.29, 0.717) is 5.69 Å². The second-order valence-electron chi connectivity index (χ2n) is 4.68. The molecule has 0 aliphatic carbocycles. The Morgan fingerprint density at radius 3 is 2.74 bits per heavy atom. The van der Waals surface area contributed by atoms with E-state index >= 15 is 0 Å². The molecule has 0 spiro atoms. The summed E-state index contributed by atoms with van der Waals surface area (Å²) in [6.07, 6.45) is 1.02. The Balaban J connectivity index is 2.37. The SMILES string of the molecule is CCCn1nc(C)c(N)c1Nc1ccc(C)cc1Br. The average molecular weight is 323 g/mol. The maximum atomic E-state index is 6.10. The molecule has 0 aliphatic rings. The van der Waals surface area contributed by atoms with Crippen LogP contribution in [0.4, 0.5) is 17.2 Å². The summed E-state index contributed by atoms with van der Waals surface area (Å²) in [7, 11) is 0. The predicted molar refractivity (Wildman–Crippen MR) is 83.8 cm³/mol. The van der Waals surface area contributed by atoms with Gasteiger partial charge < -0.3 is 11.1 Å². The van der Waals surface area contributed by atoms with Crippen molar-refractivity contribution < 1.29 is 0 Å². The summed E-state index contributed by atoms with van der Waals surface area (Å²) in [6, 6.07) is 6.18. The van der Waals surface area contributed by atoms with Gasteiger partial charge in [-0.1, -0.05) is 13.0 Å². The monoisotopic (exact) mass is 322 g/mol. The van der Waals surface area contributed by atoms with Gasteiger partial charge in [-0.15, -0.1) is 0 Å². The molecule has 0 saturated carbocycles. The van der Waals surface area contributed by atoms with Crippen LogP contribution in [-0.2, 0) is 6.54 Å². The van der Waals surface area contributed by atoms with E-state index in [9.17, 15) is 0 Å². The van der Waals surface area contributed by atoms with Crippen molar-refractivity contribution in [3.8, 4) is 0 Å². The first-order valence-corrected chi connectivity index (χ1v) is 7.18. The second kappa shape index (κ2) is 5.65. The van der Waals surface area contributed by atoms with E-state index in [0.717, 1.165) is 34.6 Å². The number of nitrogens with two attached hydrogens (primary N) is 1. The smallest absolute Gasteiger partial charge is 0.152 e. The Labute approximate surface area is 122 Å². The zero-order chi connectivity index (χ0) is 14.0. The number of halogens is 1. The number of anilines is 3. The third-order valence-corrected chi connectivity index (χ3v) is 3.64. The van der Waals surface area contributed by atoms with Crippen LogP contribution in [0.15, 0.2) is 22.7 Å². The van der Waals surface area contributed by atoms with Crippen LogP contribution in [0.1, 0.15) is 24.6 Å². The summed E-state index contributed by atoms with van der Waals surface area (Å²) >= 11 is 3.57. The van der Waals surface area contributed by atoms with E-state index in [4.69, 9.17) is 5.73 Å². The van der Waals surface area contributed by atoms with Crippen molar-refractivity contribution in [2.75, 3.05) is 11.1 Å². The third kappa shape index (κ3) is 2.92. The van der Waals surface area contributed by atoms with Crippen LogP contribution in [0.25, 0.3) is 0 Å². The fourth-order valence-electron chi connectivity index (χ4n) is 1.95. The summed E-state index contributed by atoms with van der Waals surface area (Å²) in [5, 5.41) is 7.83. The van der Waals surface area contributed by atoms with E-state index in [1.807, 2.05) is 17.7 Å². The molecule has 0 bridgehead atoms. The lowest BCUT2D eigenvalue weighted by atomic mass is 10.2. The van der Waals surface area contributed by atoms with Crippen LogP contribution < -0.4 is 11.1 Å². The van der Waals surface area contributed by atoms with Crippen molar-refractivity contribution in [2.45, 2.75) is 33.7 Å². The molecule has 2 rings (SSSR count). The number of hydrogen-bond donors (Lipinski definition) is 2. The Morgan fingerprint density at radius 1 is 1.37 bits per heavy atom. The van der Waals surface area contributed by atoms with Crippen molar-refractivity contribution in [1.29, 1.82) is 0 Å². The van der Waals surface area contributed by atoms with Gasteiger partial charge in [-0.25, -0.2) is 4.68 Å². The van der Waals surface area contributed by atoms with Crippen LogP contribution >= 0.6 is 15.9 Å². The molecule has 0 radical (unpaired) electrons. The van der Waals surface area contributed by atoms with Gasteiger partial charge in [-0.3, -0.25) is 0 Å². The lowest BCUT2D eigenvalue weighted by Crippen LogP contribution is -2.06. The summed E-state index contributed by atoms with van der Waals surface area (Å²) in [6.45, 7) is 6.97. The first kappa shape index (κ1) is 13.9. The van der Waals surface area contributed by atoms with Crippen LogP contribution in [-0.4, -0.2) is 9.78 Å². The molecular weight excluding hydrogens is 304 g/mol. The fourth-order valence-corrected chi connectivity index (χ4v) is 2.54. The molecule has 3 N–H and O–H groups in total. The largest absolute Gasteiger partial charge is 0.394 e. The number of nitrogens with zero attached hydrogens (tertiary/aromatic N) is 2. The lowest BCUT2D eigenvalue weighted by molar-refractivity contribution is 0.605. The summed E-state index contributed by atoms with van der Waals surface area (Å²) in [5.74, 6) is 0.865. The molecule has 0 atom stereocenters. The number of rotatable bonds is 4. The van der Waals surface area contributed by atoms with Crippen molar-refractivity contribution in [2.24, 2.45) is 0 Å². The minimum absolute atomic E-state index is 0.709. The van der Waals surface area contributed by atoms with Gasteiger partial charge in [0.05, 0.1) is 17.1 Å². The van der Waals surface area contributed by atoms with Gasteiger partial charge in [0.1, 0.15) is 0 Å². The first-order valence-electron chi connectivity index (χ1n) is 6.39. The zero-order valence-corrected chi connectivity index (χ0v) is 13.1. The molecule has 1 aromatic heterocycles. The van der Waals surface area contributed by atoms with E-state index < -0.39 is 0 Å². The Kier molecular flexibility index (Phi) is 4.14. The third-order valence-electron chi connectivity index (χ3n) is 2.99. The van der Waals surface area contributed by atoms with Crippen LogP contribution in [0.2, 0.25) is 0 Å². The van der Waals surface area contributed by atoms with E-state index in [1.54, 1.807) is 0 Å². The van der Waals surface area contributed by atoms with Gasteiger partial charge in [-0.05, 0) is 53.9 Å². The van der Waals surface area contributed by atoms with Crippen molar-refractivity contribution >= 4 is 33.1 Å². The number of benzene rings is 1. The predicted octanol–water partition coefficient (Wildman–Crippen LogP) is 4.00. The van der Waals surface area contributed by atoms with Crippen LogP contribution in [0.5, 0.6) is 0 Å². The molecule has 0 unspecified atom stereocenters. The lowest BCUT2D eigenvalue weighted by Gasteiger charge is -2.12. The number of nitrogen functional groups attached to an aromatic ring is 1. The van der Waals surface area contributed by atoms with Gasteiger partial charge >= 0.3 is 0 Å². The number of nitrogens with one attached hydrogen (secondary N) is 1. The van der Waals surface area contributed by atoms with Gasteiger partial charge in [0.25, 0.3) is 0 Å². The Bertz CT molecular complexity index is 589. The van der Waals surface area contributed by atoms with Crippen LogP contribution in [0, 0.1) is 13.8 Å². The molecule has 0 aliphatic heterocycles. The molecule has 0 amide bonds. The van der Waals surface area contributed by atoms with Gasteiger partial charge in [0.15, 0.2) is 5.82 Å². The zero-order valence-electron chi connectivity index (χ0n) is 11.5. The van der Waals surface area contributed by atoms with Crippen molar-refractivity contribution in [3.63, 3.8) is 0 Å². The molecule has 102 valence electrons. The topological polar surface area (TPSA) is 55.9 Å². The quantitative estimate of drug-likeness (QED) is 0.894. The minimum Gasteiger partial charge on any atom is -0.394 e. The molecule has 1 aromatic carbocycles. The molecule has 2 aromatic rings. The minimum atomic E-state index is 0.709. The molecule has 0 saturated heterocycles. The van der Waals surface area contributed by atoms with Crippen molar-refractivity contribution in [1.82, 2.24) is 9.78 Å². The summed E-state index contributed by atoms with van der Waals surface area (Å²) in [4.78, 5) is 0. The standard InChI is InChI=1S/C14H19BrN4/c1-4-7-19-14(13(16)10(3)18-19)17-12-6-5-9(2)8-11(12)15/h5-6,8,17H,4,7,16H2,1-3H3. The first-order chi connectivity index (χ1) is 9.02. The summed E-state index contributed by atoms with van der Waals surface area (Å²) in [5.41, 5.74) is 9.88. The molecule has 5 heteroatoms. The fraction of sp³-hybridized carbons (Fsp3) is 0.357. The molecule has 1 heterocycles. The second-order valence-corrected chi connectivity index (χ2v) is 5.53. The summed E-state index contributed by atoms with van der Waals surface area (Å²) < 4.78 is 2.95. The highest BCUT2D eigenvalue weighted by Gasteiger charge is 2.13. The highest BCUT2D eigenvalue weighted by molar-refractivity contribution is 9.10. The van der Waals surface area contributed by atoms with E-state index in [-0.39, 0.29) is 0 Å². The Morgan fingerprint density at radius 2 is 2.11 bits per heavy atom. The normalized spacial score (nSPS) is 10.7. The van der Waals surface area contributed by atoms with Gasteiger partial charge in [0.2, 0.25) is 0 Å². The highest BCUT2D eigenvalue weighted by atomic mass is 79.9. The van der Waals surface area contributed by atoms with Crippen LogP contribution in [0.3, 0.4) is 0 Å². The molecule has 0 fully saturated rings. The van der Waals surface area contributed by atoms with Gasteiger partial charge in [0, 0.05) is 11.0 Å². The Hall–Kier alpha value is -1.49. The molecular formula is C14H19BrN4. The highest BCUT2D eigenvalue weighted by Crippen LogP contribution is 2.31. The van der Waals surface area contributed by atoms with Crippen molar-refractivity contribution in [3.05, 3.63) is 33.9 Å². The maximum absolute atomic E-state index is 6.10. The number of aromatic nitrogens is 2.